The molecule has 19 heavy (non-hydrogen) atoms. The van der Waals surface area contributed by atoms with E-state index >= 15 is 0 Å². The molecule has 3 rings (SSSR count). The third-order valence-electron chi connectivity index (χ3n) is 4.13. The Labute approximate surface area is 112 Å². The Morgan fingerprint density at radius 3 is 2.74 bits per heavy atom. The second kappa shape index (κ2) is 5.08. The molecule has 1 aliphatic carbocycles. The van der Waals surface area contributed by atoms with Gasteiger partial charge in [0.25, 0.3) is 0 Å². The lowest BCUT2D eigenvalue weighted by Crippen LogP contribution is -2.28. The van der Waals surface area contributed by atoms with Crippen LogP contribution in [0.15, 0.2) is 12.1 Å². The van der Waals surface area contributed by atoms with Gasteiger partial charge >= 0.3 is 0 Å². The van der Waals surface area contributed by atoms with Gasteiger partial charge < -0.3 is 10.2 Å². The van der Waals surface area contributed by atoms with Gasteiger partial charge in [-0.05, 0) is 50.3 Å². The highest BCUT2D eigenvalue weighted by Gasteiger charge is 2.27. The van der Waals surface area contributed by atoms with E-state index in [1.54, 1.807) is 6.92 Å². The monoisotopic (exact) mass is 266 g/mol. The van der Waals surface area contributed by atoms with Gasteiger partial charge in [0.1, 0.15) is 11.6 Å². The predicted molar refractivity (Wildman–Crippen MR) is 72.4 cm³/mol. The van der Waals surface area contributed by atoms with E-state index in [1.165, 1.54) is 25.0 Å². The van der Waals surface area contributed by atoms with Crippen LogP contribution in [-0.2, 0) is 0 Å². The van der Waals surface area contributed by atoms with Crippen LogP contribution in [-0.4, -0.2) is 25.7 Å². The van der Waals surface area contributed by atoms with E-state index in [0.29, 0.717) is 23.2 Å². The van der Waals surface area contributed by atoms with Crippen molar-refractivity contribution in [2.24, 2.45) is 5.92 Å². The zero-order valence-corrected chi connectivity index (χ0v) is 11.3. The van der Waals surface area contributed by atoms with Gasteiger partial charge in [-0.15, -0.1) is 0 Å². The lowest BCUT2D eigenvalue weighted by atomic mass is 10.1. The van der Waals surface area contributed by atoms with Crippen molar-refractivity contribution in [3.63, 3.8) is 0 Å². The van der Waals surface area contributed by atoms with E-state index in [9.17, 15) is 8.78 Å². The normalized spacial score (nSPS) is 23.1. The summed E-state index contributed by atoms with van der Waals surface area (Å²) in [5.41, 5.74) is 0.782. The van der Waals surface area contributed by atoms with Crippen molar-refractivity contribution < 1.29 is 8.78 Å². The Bertz CT molecular complexity index is 471. The maximum Gasteiger partial charge on any atom is 0.146 e. The van der Waals surface area contributed by atoms with Gasteiger partial charge in [0.15, 0.2) is 0 Å². The highest BCUT2D eigenvalue weighted by atomic mass is 19.1. The zero-order chi connectivity index (χ0) is 13.4. The molecule has 2 nitrogen and oxygen atoms in total. The van der Waals surface area contributed by atoms with Crippen LogP contribution in [0.3, 0.4) is 0 Å². The van der Waals surface area contributed by atoms with Crippen molar-refractivity contribution in [3.8, 4) is 0 Å². The third kappa shape index (κ3) is 2.89. The molecule has 4 heteroatoms. The fourth-order valence-electron chi connectivity index (χ4n) is 2.72. The van der Waals surface area contributed by atoms with Crippen LogP contribution >= 0.6 is 0 Å². The van der Waals surface area contributed by atoms with E-state index < -0.39 is 0 Å². The Morgan fingerprint density at radius 2 is 2.00 bits per heavy atom. The molecule has 0 aromatic heterocycles. The van der Waals surface area contributed by atoms with Gasteiger partial charge in [-0.25, -0.2) is 8.78 Å². The molecule has 0 bridgehead atoms. The molecule has 1 heterocycles. The molecule has 0 spiro atoms. The number of anilines is 1. The van der Waals surface area contributed by atoms with Crippen molar-refractivity contribution >= 4 is 5.69 Å². The summed E-state index contributed by atoms with van der Waals surface area (Å²) in [4.78, 5) is 1.97. The number of hydrogen-bond donors (Lipinski definition) is 1. The van der Waals surface area contributed by atoms with Gasteiger partial charge in [0, 0.05) is 25.2 Å². The number of rotatable bonds is 4. The summed E-state index contributed by atoms with van der Waals surface area (Å²) >= 11 is 0. The molecule has 1 aromatic carbocycles. The van der Waals surface area contributed by atoms with Crippen LogP contribution in [0.1, 0.15) is 24.8 Å². The molecule has 0 amide bonds. The Hall–Kier alpha value is -1.16. The Balaban J connectivity index is 1.64. The molecule has 1 saturated carbocycles. The molecule has 1 aliphatic heterocycles. The first-order valence-electron chi connectivity index (χ1n) is 7.07. The van der Waals surface area contributed by atoms with Crippen LogP contribution in [0, 0.1) is 24.5 Å². The average molecular weight is 266 g/mol. The molecule has 2 fully saturated rings. The third-order valence-corrected chi connectivity index (χ3v) is 4.13. The molecule has 2 aliphatic rings. The Morgan fingerprint density at radius 1 is 1.21 bits per heavy atom. The standard InChI is InChI=1S/C15H20F2N2/c1-10-6-14(17)15(7-13(10)16)19-5-4-11(9-19)8-18-12-2-3-12/h6-7,11-12,18H,2-5,8-9H2,1H3. The molecule has 1 saturated heterocycles. The molecular formula is C15H20F2N2. The first-order chi connectivity index (χ1) is 9.13. The van der Waals surface area contributed by atoms with Gasteiger partial charge in [-0.3, -0.25) is 0 Å². The number of aryl methyl sites for hydroxylation is 1. The minimum Gasteiger partial charge on any atom is -0.369 e. The molecule has 1 aromatic rings. The van der Waals surface area contributed by atoms with Gasteiger partial charge in [-0.2, -0.15) is 0 Å². The lowest BCUT2D eigenvalue weighted by molar-refractivity contribution is 0.514. The van der Waals surface area contributed by atoms with Crippen LogP contribution in [0.25, 0.3) is 0 Å². The van der Waals surface area contributed by atoms with Crippen LogP contribution in [0.5, 0.6) is 0 Å². The summed E-state index contributed by atoms with van der Waals surface area (Å²) in [6.45, 7) is 4.22. The molecule has 1 atom stereocenters. The maximum atomic E-state index is 13.9. The smallest absolute Gasteiger partial charge is 0.146 e. The highest BCUT2D eigenvalue weighted by Crippen LogP contribution is 2.28. The number of halogens is 2. The van der Waals surface area contributed by atoms with Crippen molar-refractivity contribution in [2.75, 3.05) is 24.5 Å². The van der Waals surface area contributed by atoms with Crippen molar-refractivity contribution in [3.05, 3.63) is 29.3 Å². The minimum absolute atomic E-state index is 0.310. The SMILES string of the molecule is Cc1cc(F)c(N2CCC(CNC3CC3)C2)cc1F. The first kappa shape index (κ1) is 12.9. The largest absolute Gasteiger partial charge is 0.369 e. The summed E-state index contributed by atoms with van der Waals surface area (Å²) in [5.74, 6) is -0.0879. The summed E-state index contributed by atoms with van der Waals surface area (Å²) in [6.07, 6.45) is 3.62. The number of benzene rings is 1. The summed E-state index contributed by atoms with van der Waals surface area (Å²) in [7, 11) is 0. The van der Waals surface area contributed by atoms with Gasteiger partial charge in [-0.1, -0.05) is 0 Å². The topological polar surface area (TPSA) is 15.3 Å². The molecule has 104 valence electrons. The number of nitrogens with zero attached hydrogens (tertiary/aromatic N) is 1. The van der Waals surface area contributed by atoms with Gasteiger partial charge in [0.05, 0.1) is 5.69 Å². The van der Waals surface area contributed by atoms with Crippen molar-refractivity contribution in [2.45, 2.75) is 32.2 Å². The number of nitrogens with one attached hydrogen (secondary N) is 1. The summed E-state index contributed by atoms with van der Waals surface area (Å²) < 4.78 is 27.5. The highest BCUT2D eigenvalue weighted by molar-refractivity contribution is 5.50. The maximum absolute atomic E-state index is 13.9. The fraction of sp³-hybridized carbons (Fsp3) is 0.600. The first-order valence-corrected chi connectivity index (χ1v) is 7.07. The zero-order valence-electron chi connectivity index (χ0n) is 11.3. The molecule has 0 radical (unpaired) electrons. The van der Waals surface area contributed by atoms with Crippen LogP contribution in [0.4, 0.5) is 14.5 Å². The summed E-state index contributed by atoms with van der Waals surface area (Å²) in [6, 6.07) is 3.34. The fourth-order valence-corrected chi connectivity index (χ4v) is 2.72. The summed E-state index contributed by atoms with van der Waals surface area (Å²) in [5, 5.41) is 3.51. The molecule has 1 unspecified atom stereocenters. The molecular weight excluding hydrogens is 246 g/mol. The molecule has 1 N–H and O–H groups in total. The second-order valence-corrected chi connectivity index (χ2v) is 5.84. The lowest BCUT2D eigenvalue weighted by Gasteiger charge is -2.20. The second-order valence-electron chi connectivity index (χ2n) is 5.84. The predicted octanol–water partition coefficient (Wildman–Crippen LogP) is 2.85. The average Bonchev–Trinajstić information content (AvgIpc) is 3.09. The number of hydrogen-bond acceptors (Lipinski definition) is 2. The van der Waals surface area contributed by atoms with E-state index in [0.717, 1.165) is 26.1 Å². The quantitative estimate of drug-likeness (QED) is 0.901. The van der Waals surface area contributed by atoms with Crippen molar-refractivity contribution in [1.82, 2.24) is 5.32 Å². The minimum atomic E-state index is -0.323. The van der Waals surface area contributed by atoms with Crippen molar-refractivity contribution in [1.29, 1.82) is 0 Å². The van der Waals surface area contributed by atoms with E-state index in [4.69, 9.17) is 0 Å². The Kier molecular flexibility index (Phi) is 3.44. The van der Waals surface area contributed by atoms with Crippen LogP contribution < -0.4 is 10.2 Å². The van der Waals surface area contributed by atoms with E-state index in [1.807, 2.05) is 4.90 Å². The van der Waals surface area contributed by atoms with E-state index in [2.05, 4.69) is 5.32 Å². The van der Waals surface area contributed by atoms with Crippen LogP contribution in [0.2, 0.25) is 0 Å². The van der Waals surface area contributed by atoms with Gasteiger partial charge in [0.2, 0.25) is 0 Å². The van der Waals surface area contributed by atoms with E-state index in [-0.39, 0.29) is 11.6 Å².